The lowest BCUT2D eigenvalue weighted by Crippen LogP contribution is -2.11. The number of carbonyl (C=O) groups excluding carboxylic acids is 1. The monoisotopic (exact) mass is 289 g/mol. The first-order valence-electron chi connectivity index (χ1n) is 7.10. The van der Waals surface area contributed by atoms with Crippen molar-refractivity contribution in [1.29, 1.82) is 0 Å². The standard InChI is InChI=1S/C15H19N3O3/c1-2-3-4-5-6-14(20)17-11-7-8-13(19)12(9-11)15-18-16-10-21-15/h7-10,19H,2-6H2,1H3,(H,17,20). The molecular weight excluding hydrogens is 270 g/mol. The predicted molar refractivity (Wildman–Crippen MR) is 78.8 cm³/mol. The molecule has 2 rings (SSSR count). The van der Waals surface area contributed by atoms with Crippen LogP contribution in [0, 0.1) is 0 Å². The highest BCUT2D eigenvalue weighted by Gasteiger charge is 2.11. The minimum absolute atomic E-state index is 0.0280. The Labute approximate surface area is 123 Å². The Balaban J connectivity index is 1.98. The van der Waals surface area contributed by atoms with E-state index in [1.54, 1.807) is 12.1 Å². The van der Waals surface area contributed by atoms with Crippen LogP contribution in [-0.4, -0.2) is 21.2 Å². The van der Waals surface area contributed by atoms with E-state index < -0.39 is 0 Å². The quantitative estimate of drug-likeness (QED) is 0.602. The molecule has 0 fully saturated rings. The van der Waals surface area contributed by atoms with Crippen molar-refractivity contribution in [1.82, 2.24) is 10.2 Å². The number of anilines is 1. The first-order chi connectivity index (χ1) is 10.2. The number of phenols is 1. The molecule has 0 spiro atoms. The Morgan fingerprint density at radius 1 is 1.33 bits per heavy atom. The van der Waals surface area contributed by atoms with Crippen LogP contribution in [0.2, 0.25) is 0 Å². The van der Waals surface area contributed by atoms with Crippen molar-refractivity contribution in [2.24, 2.45) is 0 Å². The van der Waals surface area contributed by atoms with Crippen LogP contribution in [0.15, 0.2) is 29.0 Å². The summed E-state index contributed by atoms with van der Waals surface area (Å²) in [5, 5.41) is 19.9. The third kappa shape index (κ3) is 4.30. The number of rotatable bonds is 7. The summed E-state index contributed by atoms with van der Waals surface area (Å²) in [5.74, 6) is 0.208. The molecule has 1 aromatic carbocycles. The summed E-state index contributed by atoms with van der Waals surface area (Å²) in [5.41, 5.74) is 0.998. The lowest BCUT2D eigenvalue weighted by atomic mass is 10.1. The van der Waals surface area contributed by atoms with Gasteiger partial charge in [0.2, 0.25) is 12.3 Å². The first kappa shape index (κ1) is 15.0. The SMILES string of the molecule is CCCCCCC(=O)Nc1ccc(O)c(-c2nnco2)c1. The number of nitrogens with zero attached hydrogens (tertiary/aromatic N) is 2. The molecule has 0 bridgehead atoms. The number of hydrogen-bond acceptors (Lipinski definition) is 5. The second kappa shape index (κ2) is 7.42. The fourth-order valence-electron chi connectivity index (χ4n) is 2.01. The van der Waals surface area contributed by atoms with Gasteiger partial charge >= 0.3 is 0 Å². The zero-order chi connectivity index (χ0) is 15.1. The van der Waals surface area contributed by atoms with Gasteiger partial charge in [-0.25, -0.2) is 0 Å². The van der Waals surface area contributed by atoms with Crippen molar-refractivity contribution in [2.75, 3.05) is 5.32 Å². The number of amides is 1. The second-order valence-electron chi connectivity index (χ2n) is 4.83. The Kier molecular flexibility index (Phi) is 5.31. The zero-order valence-corrected chi connectivity index (χ0v) is 12.0. The number of aromatic nitrogens is 2. The fourth-order valence-corrected chi connectivity index (χ4v) is 2.01. The predicted octanol–water partition coefficient (Wildman–Crippen LogP) is 3.35. The van der Waals surface area contributed by atoms with Crippen LogP contribution in [0.25, 0.3) is 11.5 Å². The average Bonchev–Trinajstić information content (AvgIpc) is 3.00. The maximum atomic E-state index is 11.8. The van der Waals surface area contributed by atoms with Crippen molar-refractivity contribution >= 4 is 11.6 Å². The molecule has 0 saturated carbocycles. The molecule has 6 heteroatoms. The molecule has 6 nitrogen and oxygen atoms in total. The molecule has 0 radical (unpaired) electrons. The maximum Gasteiger partial charge on any atom is 0.251 e. The van der Waals surface area contributed by atoms with E-state index in [9.17, 15) is 9.90 Å². The van der Waals surface area contributed by atoms with Crippen molar-refractivity contribution in [2.45, 2.75) is 39.0 Å². The van der Waals surface area contributed by atoms with Crippen molar-refractivity contribution in [3.63, 3.8) is 0 Å². The minimum Gasteiger partial charge on any atom is -0.507 e. The summed E-state index contributed by atoms with van der Waals surface area (Å²) in [6, 6.07) is 4.75. The maximum absolute atomic E-state index is 11.8. The smallest absolute Gasteiger partial charge is 0.251 e. The van der Waals surface area contributed by atoms with Crippen LogP contribution in [0.5, 0.6) is 5.75 Å². The van der Waals surface area contributed by atoms with Crippen molar-refractivity contribution in [3.8, 4) is 17.2 Å². The Morgan fingerprint density at radius 3 is 2.90 bits per heavy atom. The van der Waals surface area contributed by atoms with Crippen LogP contribution in [0.3, 0.4) is 0 Å². The van der Waals surface area contributed by atoms with Gasteiger partial charge in [-0.3, -0.25) is 4.79 Å². The van der Waals surface area contributed by atoms with Gasteiger partial charge in [0, 0.05) is 12.1 Å². The summed E-state index contributed by atoms with van der Waals surface area (Å²) in [7, 11) is 0. The van der Waals surface area contributed by atoms with E-state index in [4.69, 9.17) is 4.42 Å². The van der Waals surface area contributed by atoms with E-state index in [1.165, 1.54) is 12.5 Å². The van der Waals surface area contributed by atoms with Crippen LogP contribution in [0.1, 0.15) is 39.0 Å². The second-order valence-corrected chi connectivity index (χ2v) is 4.83. The number of nitrogens with one attached hydrogen (secondary N) is 1. The number of aromatic hydroxyl groups is 1. The molecule has 21 heavy (non-hydrogen) atoms. The average molecular weight is 289 g/mol. The van der Waals surface area contributed by atoms with Gasteiger partial charge in [0.25, 0.3) is 5.89 Å². The van der Waals surface area contributed by atoms with E-state index in [-0.39, 0.29) is 17.5 Å². The van der Waals surface area contributed by atoms with Gasteiger partial charge in [-0.2, -0.15) is 0 Å². The van der Waals surface area contributed by atoms with Gasteiger partial charge < -0.3 is 14.8 Å². The highest BCUT2D eigenvalue weighted by Crippen LogP contribution is 2.30. The third-order valence-electron chi connectivity index (χ3n) is 3.13. The molecule has 2 aromatic rings. The number of phenolic OH excluding ortho intramolecular Hbond substituents is 1. The minimum atomic E-state index is -0.0340. The molecule has 1 aromatic heterocycles. The van der Waals surface area contributed by atoms with E-state index in [2.05, 4.69) is 22.4 Å². The summed E-state index contributed by atoms with van der Waals surface area (Å²) < 4.78 is 5.06. The van der Waals surface area contributed by atoms with Gasteiger partial charge in [-0.1, -0.05) is 26.2 Å². The normalized spacial score (nSPS) is 10.5. The number of benzene rings is 1. The highest BCUT2D eigenvalue weighted by molar-refractivity contribution is 5.91. The van der Waals surface area contributed by atoms with Crippen LogP contribution < -0.4 is 5.32 Å². The third-order valence-corrected chi connectivity index (χ3v) is 3.13. The summed E-state index contributed by atoms with van der Waals surface area (Å²) in [4.78, 5) is 11.8. The van der Waals surface area contributed by atoms with Crippen LogP contribution >= 0.6 is 0 Å². The van der Waals surface area contributed by atoms with E-state index in [1.807, 2.05) is 0 Å². The molecule has 0 atom stereocenters. The number of unbranched alkanes of at least 4 members (excludes halogenated alkanes) is 3. The van der Waals surface area contributed by atoms with Crippen LogP contribution in [0.4, 0.5) is 5.69 Å². The van der Waals surface area contributed by atoms with Crippen LogP contribution in [-0.2, 0) is 4.79 Å². The highest BCUT2D eigenvalue weighted by atomic mass is 16.4. The van der Waals surface area contributed by atoms with Gasteiger partial charge in [0.05, 0.1) is 5.56 Å². The lowest BCUT2D eigenvalue weighted by molar-refractivity contribution is -0.116. The van der Waals surface area contributed by atoms with E-state index in [0.29, 0.717) is 17.7 Å². The molecular formula is C15H19N3O3. The molecule has 0 aliphatic carbocycles. The van der Waals surface area contributed by atoms with Gasteiger partial charge in [0.15, 0.2) is 0 Å². The van der Waals surface area contributed by atoms with Gasteiger partial charge in [-0.15, -0.1) is 10.2 Å². The number of carbonyl (C=O) groups is 1. The fraction of sp³-hybridized carbons (Fsp3) is 0.400. The van der Waals surface area contributed by atoms with E-state index >= 15 is 0 Å². The van der Waals surface area contributed by atoms with E-state index in [0.717, 1.165) is 25.7 Å². The first-order valence-corrected chi connectivity index (χ1v) is 7.10. The zero-order valence-electron chi connectivity index (χ0n) is 12.0. The van der Waals surface area contributed by atoms with Crippen molar-refractivity contribution < 1.29 is 14.3 Å². The Hall–Kier alpha value is -2.37. The summed E-state index contributed by atoms with van der Waals surface area (Å²) in [6.45, 7) is 2.13. The molecule has 1 heterocycles. The lowest BCUT2D eigenvalue weighted by Gasteiger charge is -2.07. The Morgan fingerprint density at radius 2 is 2.19 bits per heavy atom. The largest absolute Gasteiger partial charge is 0.507 e. The molecule has 0 aliphatic heterocycles. The van der Waals surface area contributed by atoms with Gasteiger partial charge in [-0.05, 0) is 24.6 Å². The molecule has 0 saturated heterocycles. The van der Waals surface area contributed by atoms with Gasteiger partial charge in [0.1, 0.15) is 5.75 Å². The molecule has 112 valence electrons. The van der Waals surface area contributed by atoms with Crippen molar-refractivity contribution in [3.05, 3.63) is 24.6 Å². The molecule has 2 N–H and O–H groups in total. The summed E-state index contributed by atoms with van der Waals surface area (Å²) >= 11 is 0. The summed E-state index contributed by atoms with van der Waals surface area (Å²) in [6.07, 6.45) is 5.92. The molecule has 1 amide bonds. The Bertz CT molecular complexity index is 582. The molecule has 0 aliphatic rings. The topological polar surface area (TPSA) is 88.2 Å². The number of hydrogen-bond donors (Lipinski definition) is 2. The molecule has 0 unspecified atom stereocenters.